The lowest BCUT2D eigenvalue weighted by atomic mass is 9.98. The Balaban J connectivity index is 1.93. The Kier molecular flexibility index (Phi) is 5.69. The molecule has 0 radical (unpaired) electrons. The van der Waals surface area contributed by atoms with E-state index in [0.29, 0.717) is 5.11 Å². The molecule has 1 N–H and O–H groups in total. The Morgan fingerprint density at radius 3 is 1.69 bits per heavy atom. The van der Waals surface area contributed by atoms with Crippen LogP contribution >= 0.6 is 12.2 Å². The number of hydrogen-bond acceptors (Lipinski definition) is 1. The number of nitrogens with zero attached hydrogens (tertiary/aromatic N) is 1. The highest BCUT2D eigenvalue weighted by molar-refractivity contribution is 7.80. The molecule has 0 spiro atoms. The van der Waals surface area contributed by atoms with Gasteiger partial charge in [0, 0.05) is 12.7 Å². The highest BCUT2D eigenvalue weighted by atomic mass is 32.1. The van der Waals surface area contributed by atoms with Gasteiger partial charge in [-0.05, 0) is 48.3 Å². The van der Waals surface area contributed by atoms with Gasteiger partial charge in [-0.3, -0.25) is 0 Å². The normalized spacial score (nSPS) is 10.6. The zero-order valence-corrected chi connectivity index (χ0v) is 16.3. The summed E-state index contributed by atoms with van der Waals surface area (Å²) in [6.07, 6.45) is 0. The molecule has 0 aromatic heterocycles. The smallest absolute Gasteiger partial charge is 0.173 e. The minimum atomic E-state index is 0.0572. The van der Waals surface area contributed by atoms with Crippen LogP contribution in [0.15, 0.2) is 78.9 Å². The molecule has 0 heterocycles. The predicted molar refractivity (Wildman–Crippen MR) is 115 cm³/mol. The van der Waals surface area contributed by atoms with Crippen LogP contribution < -0.4 is 5.32 Å². The Morgan fingerprint density at radius 2 is 1.23 bits per heavy atom. The minimum Gasteiger partial charge on any atom is -0.341 e. The molecule has 0 saturated heterocycles. The molecule has 2 nitrogen and oxygen atoms in total. The fraction of sp³-hybridized carbons (Fsp3) is 0.174. The summed E-state index contributed by atoms with van der Waals surface area (Å²) in [6, 6.07) is 27.3. The van der Waals surface area contributed by atoms with E-state index in [9.17, 15) is 0 Å². The number of aryl methyl sites for hydroxylation is 2. The summed E-state index contributed by atoms with van der Waals surface area (Å²) in [6.45, 7) is 4.20. The summed E-state index contributed by atoms with van der Waals surface area (Å²) in [5.74, 6) is 0. The van der Waals surface area contributed by atoms with E-state index in [0.717, 1.165) is 5.69 Å². The van der Waals surface area contributed by atoms with Crippen molar-refractivity contribution in [2.45, 2.75) is 19.9 Å². The van der Waals surface area contributed by atoms with Gasteiger partial charge in [0.05, 0.1) is 6.04 Å². The zero-order chi connectivity index (χ0) is 18.5. The fourth-order valence-electron chi connectivity index (χ4n) is 3.23. The van der Waals surface area contributed by atoms with Crippen LogP contribution in [0.2, 0.25) is 0 Å². The summed E-state index contributed by atoms with van der Waals surface area (Å²) in [4.78, 5) is 2.13. The number of para-hydroxylation sites is 1. The molecule has 0 unspecified atom stereocenters. The van der Waals surface area contributed by atoms with E-state index in [2.05, 4.69) is 90.8 Å². The van der Waals surface area contributed by atoms with Gasteiger partial charge < -0.3 is 10.2 Å². The molecule has 0 atom stereocenters. The molecule has 0 amide bonds. The van der Waals surface area contributed by atoms with Crippen LogP contribution in [0.1, 0.15) is 28.3 Å². The van der Waals surface area contributed by atoms with Crippen LogP contribution in [0.4, 0.5) is 5.69 Å². The lowest BCUT2D eigenvalue weighted by Crippen LogP contribution is -2.35. The van der Waals surface area contributed by atoms with Gasteiger partial charge in [-0.25, -0.2) is 0 Å². The first kappa shape index (κ1) is 18.2. The van der Waals surface area contributed by atoms with Gasteiger partial charge in [0.2, 0.25) is 0 Å². The van der Waals surface area contributed by atoms with Crippen molar-refractivity contribution in [3.05, 3.63) is 101 Å². The van der Waals surface area contributed by atoms with Crippen LogP contribution in [0.3, 0.4) is 0 Å². The van der Waals surface area contributed by atoms with Gasteiger partial charge in [-0.15, -0.1) is 0 Å². The number of rotatable bonds is 4. The minimum absolute atomic E-state index is 0.0572. The molecule has 132 valence electrons. The van der Waals surface area contributed by atoms with E-state index >= 15 is 0 Å². The van der Waals surface area contributed by atoms with Crippen LogP contribution in [0.5, 0.6) is 0 Å². The summed E-state index contributed by atoms with van der Waals surface area (Å²) < 4.78 is 0. The van der Waals surface area contributed by atoms with Crippen molar-refractivity contribution >= 4 is 23.0 Å². The first-order valence-electron chi connectivity index (χ1n) is 8.78. The number of thiocarbonyl (C=S) groups is 1. The lowest BCUT2D eigenvalue weighted by molar-refractivity contribution is 0.434. The monoisotopic (exact) mass is 360 g/mol. The second-order valence-electron chi connectivity index (χ2n) is 6.53. The molecule has 0 saturated carbocycles. The zero-order valence-electron chi connectivity index (χ0n) is 15.4. The van der Waals surface area contributed by atoms with Crippen molar-refractivity contribution in [1.29, 1.82) is 0 Å². The first-order chi connectivity index (χ1) is 12.6. The van der Waals surface area contributed by atoms with Gasteiger partial charge in [-0.1, -0.05) is 78.9 Å². The summed E-state index contributed by atoms with van der Waals surface area (Å²) >= 11 is 5.77. The molecule has 0 aliphatic carbocycles. The molecule has 0 fully saturated rings. The summed E-state index contributed by atoms with van der Waals surface area (Å²) in [7, 11) is 2.05. The molecule has 0 bridgehead atoms. The maximum Gasteiger partial charge on any atom is 0.173 e. The third-order valence-corrected chi connectivity index (χ3v) is 5.04. The van der Waals surface area contributed by atoms with Crippen molar-refractivity contribution in [2.75, 3.05) is 12.4 Å². The Bertz CT molecular complexity index is 815. The van der Waals surface area contributed by atoms with Crippen LogP contribution in [-0.2, 0) is 0 Å². The maximum absolute atomic E-state index is 5.77. The van der Waals surface area contributed by atoms with E-state index in [-0.39, 0.29) is 6.04 Å². The van der Waals surface area contributed by atoms with Gasteiger partial charge in [0.25, 0.3) is 0 Å². The number of benzene rings is 3. The van der Waals surface area contributed by atoms with E-state index in [4.69, 9.17) is 12.2 Å². The molecule has 0 aliphatic heterocycles. The van der Waals surface area contributed by atoms with E-state index in [1.165, 1.54) is 22.3 Å². The largest absolute Gasteiger partial charge is 0.341 e. The van der Waals surface area contributed by atoms with Crippen molar-refractivity contribution < 1.29 is 0 Å². The highest BCUT2D eigenvalue weighted by Crippen LogP contribution is 2.29. The topological polar surface area (TPSA) is 15.3 Å². The second-order valence-corrected chi connectivity index (χ2v) is 6.92. The summed E-state index contributed by atoms with van der Waals surface area (Å²) in [5, 5.41) is 4.16. The molecular weight excluding hydrogens is 336 g/mol. The number of nitrogens with one attached hydrogen (secondary N) is 1. The standard InChI is InChI=1S/C23H24N2S/c1-17-11-10-12-18(2)21(17)24-23(26)25(3)22(19-13-6-4-7-14-19)20-15-8-5-9-16-20/h4-16,22H,1-3H3,(H,24,26). The average molecular weight is 361 g/mol. The fourth-order valence-corrected chi connectivity index (χ4v) is 3.44. The second kappa shape index (κ2) is 8.15. The average Bonchev–Trinajstić information content (AvgIpc) is 2.66. The number of anilines is 1. The lowest BCUT2D eigenvalue weighted by Gasteiger charge is -2.32. The van der Waals surface area contributed by atoms with Crippen molar-refractivity contribution in [2.24, 2.45) is 0 Å². The highest BCUT2D eigenvalue weighted by Gasteiger charge is 2.21. The van der Waals surface area contributed by atoms with Crippen LogP contribution in [-0.4, -0.2) is 17.1 Å². The van der Waals surface area contributed by atoms with Crippen molar-refractivity contribution in [1.82, 2.24) is 4.90 Å². The Morgan fingerprint density at radius 1 is 0.769 bits per heavy atom. The number of hydrogen-bond donors (Lipinski definition) is 1. The van der Waals surface area contributed by atoms with Gasteiger partial charge in [-0.2, -0.15) is 0 Å². The molecule has 3 rings (SSSR count). The molecule has 26 heavy (non-hydrogen) atoms. The van der Waals surface area contributed by atoms with E-state index in [1.807, 2.05) is 19.2 Å². The third kappa shape index (κ3) is 3.94. The third-order valence-electron chi connectivity index (χ3n) is 4.65. The SMILES string of the molecule is Cc1cccc(C)c1NC(=S)N(C)C(c1ccccc1)c1ccccc1. The molecule has 3 heteroatoms. The van der Waals surface area contributed by atoms with Crippen molar-refractivity contribution in [3.63, 3.8) is 0 Å². The van der Waals surface area contributed by atoms with Crippen LogP contribution in [0, 0.1) is 13.8 Å². The Labute approximate surface area is 161 Å². The van der Waals surface area contributed by atoms with E-state index < -0.39 is 0 Å². The Hall–Kier alpha value is -2.65. The van der Waals surface area contributed by atoms with Gasteiger partial charge in [0.15, 0.2) is 5.11 Å². The van der Waals surface area contributed by atoms with E-state index in [1.54, 1.807) is 0 Å². The molecule has 3 aromatic rings. The quantitative estimate of drug-likeness (QED) is 0.599. The first-order valence-corrected chi connectivity index (χ1v) is 9.18. The van der Waals surface area contributed by atoms with Gasteiger partial charge in [0.1, 0.15) is 0 Å². The predicted octanol–water partition coefficient (Wildman–Crippen LogP) is 5.72. The van der Waals surface area contributed by atoms with Gasteiger partial charge >= 0.3 is 0 Å². The molecule has 0 aliphatic rings. The summed E-state index contributed by atoms with van der Waals surface area (Å²) in [5.41, 5.74) is 5.90. The maximum atomic E-state index is 5.77. The molecule has 3 aromatic carbocycles. The molecular formula is C23H24N2S. The van der Waals surface area contributed by atoms with Crippen molar-refractivity contribution in [3.8, 4) is 0 Å². The van der Waals surface area contributed by atoms with Crippen LogP contribution in [0.25, 0.3) is 0 Å².